The number of amides is 1. The molecule has 1 heterocycles. The average Bonchev–Trinajstić information content (AvgIpc) is 2.34. The number of ether oxygens (including phenoxy) is 1. The van der Waals surface area contributed by atoms with E-state index in [1.54, 1.807) is 19.3 Å². The lowest BCUT2D eigenvalue weighted by Crippen LogP contribution is -2.34. The molecular formula is C13H20N2O2. The number of hydrogen-bond donors (Lipinski definition) is 1. The van der Waals surface area contributed by atoms with Gasteiger partial charge in [0.25, 0.3) is 0 Å². The van der Waals surface area contributed by atoms with E-state index >= 15 is 0 Å². The quantitative estimate of drug-likeness (QED) is 0.818. The molecule has 0 spiro atoms. The molecule has 0 radical (unpaired) electrons. The first-order valence-electron chi connectivity index (χ1n) is 5.87. The van der Waals surface area contributed by atoms with E-state index in [1.807, 2.05) is 12.1 Å². The maximum absolute atomic E-state index is 11.7. The van der Waals surface area contributed by atoms with Crippen molar-refractivity contribution in [2.24, 2.45) is 5.92 Å². The van der Waals surface area contributed by atoms with E-state index in [9.17, 15) is 4.79 Å². The Morgan fingerprint density at radius 3 is 2.82 bits per heavy atom. The molecule has 1 amide bonds. The summed E-state index contributed by atoms with van der Waals surface area (Å²) in [5.74, 6) is 0.345. The molecule has 1 unspecified atom stereocenters. The molecular weight excluding hydrogens is 216 g/mol. The molecule has 0 aliphatic carbocycles. The van der Waals surface area contributed by atoms with Gasteiger partial charge in [-0.15, -0.1) is 0 Å². The Kier molecular flexibility index (Phi) is 5.63. The topological polar surface area (TPSA) is 51.2 Å². The van der Waals surface area contributed by atoms with Crippen molar-refractivity contribution in [2.75, 3.05) is 6.61 Å². The Balaban J connectivity index is 2.29. The number of nitrogens with one attached hydrogen (secondary N) is 1. The molecule has 4 heteroatoms. The molecule has 1 N–H and O–H groups in total. The van der Waals surface area contributed by atoms with E-state index in [-0.39, 0.29) is 5.91 Å². The molecule has 0 fully saturated rings. The van der Waals surface area contributed by atoms with Crippen LogP contribution in [0.4, 0.5) is 0 Å². The van der Waals surface area contributed by atoms with Gasteiger partial charge in [0.05, 0.1) is 0 Å². The summed E-state index contributed by atoms with van der Waals surface area (Å²) in [4.78, 5) is 15.7. The third-order valence-electron chi connectivity index (χ3n) is 2.24. The van der Waals surface area contributed by atoms with Crippen molar-refractivity contribution >= 4 is 5.91 Å². The van der Waals surface area contributed by atoms with Gasteiger partial charge in [0, 0.05) is 25.5 Å². The van der Waals surface area contributed by atoms with Crippen molar-refractivity contribution in [1.29, 1.82) is 0 Å². The lowest BCUT2D eigenvalue weighted by atomic mass is 10.2. The van der Waals surface area contributed by atoms with Gasteiger partial charge >= 0.3 is 0 Å². The van der Waals surface area contributed by atoms with Crippen LogP contribution in [0.25, 0.3) is 0 Å². The van der Waals surface area contributed by atoms with Crippen LogP contribution in [0.5, 0.6) is 0 Å². The first-order valence-corrected chi connectivity index (χ1v) is 5.87. The molecule has 4 nitrogen and oxygen atoms in total. The second kappa shape index (κ2) is 7.01. The Morgan fingerprint density at radius 2 is 2.24 bits per heavy atom. The number of hydrogen-bond acceptors (Lipinski definition) is 3. The standard InChI is InChI=1S/C13H20N2O2/c1-10(2)9-17-11(3)13(16)15-8-12-5-4-6-14-7-12/h4-7,10-11H,8-9H2,1-3H3,(H,15,16). The summed E-state index contributed by atoms with van der Waals surface area (Å²) < 4.78 is 5.43. The Bertz CT molecular complexity index is 339. The molecule has 17 heavy (non-hydrogen) atoms. The third kappa shape index (κ3) is 5.45. The van der Waals surface area contributed by atoms with Crippen molar-refractivity contribution in [2.45, 2.75) is 33.4 Å². The highest BCUT2D eigenvalue weighted by molar-refractivity contribution is 5.80. The van der Waals surface area contributed by atoms with Crippen LogP contribution < -0.4 is 5.32 Å². The molecule has 94 valence electrons. The lowest BCUT2D eigenvalue weighted by Gasteiger charge is -2.14. The highest BCUT2D eigenvalue weighted by atomic mass is 16.5. The first-order chi connectivity index (χ1) is 8.09. The van der Waals surface area contributed by atoms with E-state index in [1.165, 1.54) is 0 Å². The summed E-state index contributed by atoms with van der Waals surface area (Å²) in [7, 11) is 0. The van der Waals surface area contributed by atoms with Crippen molar-refractivity contribution in [3.63, 3.8) is 0 Å². The lowest BCUT2D eigenvalue weighted by molar-refractivity contribution is -0.132. The van der Waals surface area contributed by atoms with Gasteiger partial charge in [-0.05, 0) is 24.5 Å². The number of aromatic nitrogens is 1. The third-order valence-corrected chi connectivity index (χ3v) is 2.24. The molecule has 1 atom stereocenters. The fourth-order valence-electron chi connectivity index (χ4n) is 1.25. The molecule has 1 aromatic heterocycles. The molecule has 0 aliphatic rings. The van der Waals surface area contributed by atoms with Crippen LogP contribution in [0.3, 0.4) is 0 Å². The second-order valence-electron chi connectivity index (χ2n) is 4.45. The molecule has 1 aromatic rings. The van der Waals surface area contributed by atoms with Gasteiger partial charge in [-0.1, -0.05) is 19.9 Å². The highest BCUT2D eigenvalue weighted by Gasteiger charge is 2.13. The van der Waals surface area contributed by atoms with Gasteiger partial charge in [-0.3, -0.25) is 9.78 Å². The van der Waals surface area contributed by atoms with Crippen molar-refractivity contribution < 1.29 is 9.53 Å². The van der Waals surface area contributed by atoms with Crippen molar-refractivity contribution in [3.05, 3.63) is 30.1 Å². The first kappa shape index (κ1) is 13.6. The van der Waals surface area contributed by atoms with Gasteiger partial charge in [0.2, 0.25) is 5.91 Å². The summed E-state index contributed by atoms with van der Waals surface area (Å²) in [5, 5.41) is 2.82. The predicted octanol–water partition coefficient (Wildman–Crippen LogP) is 1.76. The zero-order valence-corrected chi connectivity index (χ0v) is 10.6. The summed E-state index contributed by atoms with van der Waals surface area (Å²) in [6.07, 6.45) is 3.04. The molecule has 0 saturated heterocycles. The maximum Gasteiger partial charge on any atom is 0.249 e. The number of nitrogens with zero attached hydrogens (tertiary/aromatic N) is 1. The van der Waals surface area contributed by atoms with Crippen LogP contribution in [0.15, 0.2) is 24.5 Å². The number of carbonyl (C=O) groups excluding carboxylic acids is 1. The minimum atomic E-state index is -0.408. The summed E-state index contributed by atoms with van der Waals surface area (Å²) in [6, 6.07) is 3.77. The zero-order valence-electron chi connectivity index (χ0n) is 10.6. The van der Waals surface area contributed by atoms with E-state index in [0.29, 0.717) is 19.1 Å². The summed E-state index contributed by atoms with van der Waals surface area (Å²) in [5.41, 5.74) is 0.983. The van der Waals surface area contributed by atoms with Crippen LogP contribution >= 0.6 is 0 Å². The van der Waals surface area contributed by atoms with E-state index in [0.717, 1.165) is 5.56 Å². The van der Waals surface area contributed by atoms with Gasteiger partial charge < -0.3 is 10.1 Å². The normalized spacial score (nSPS) is 12.5. The molecule has 0 aliphatic heterocycles. The highest BCUT2D eigenvalue weighted by Crippen LogP contribution is 1.99. The second-order valence-corrected chi connectivity index (χ2v) is 4.45. The fourth-order valence-corrected chi connectivity index (χ4v) is 1.25. The molecule has 0 bridgehead atoms. The van der Waals surface area contributed by atoms with E-state index in [2.05, 4.69) is 24.1 Å². The van der Waals surface area contributed by atoms with E-state index < -0.39 is 6.10 Å². The fraction of sp³-hybridized carbons (Fsp3) is 0.538. The number of pyridine rings is 1. The van der Waals surface area contributed by atoms with Gasteiger partial charge in [0.15, 0.2) is 0 Å². The average molecular weight is 236 g/mol. The van der Waals surface area contributed by atoms with Crippen LogP contribution in [-0.2, 0) is 16.1 Å². The predicted molar refractivity (Wildman–Crippen MR) is 66.3 cm³/mol. The van der Waals surface area contributed by atoms with Crippen LogP contribution in [-0.4, -0.2) is 23.6 Å². The van der Waals surface area contributed by atoms with Crippen molar-refractivity contribution in [1.82, 2.24) is 10.3 Å². The van der Waals surface area contributed by atoms with Gasteiger partial charge in [0.1, 0.15) is 6.10 Å². The minimum Gasteiger partial charge on any atom is -0.368 e. The molecule has 1 rings (SSSR count). The Morgan fingerprint density at radius 1 is 1.47 bits per heavy atom. The smallest absolute Gasteiger partial charge is 0.249 e. The van der Waals surface area contributed by atoms with Crippen LogP contribution in [0.2, 0.25) is 0 Å². The summed E-state index contributed by atoms with van der Waals surface area (Å²) in [6.45, 7) is 6.96. The Hall–Kier alpha value is -1.42. The SMILES string of the molecule is CC(C)COC(C)C(=O)NCc1cccnc1. The summed E-state index contributed by atoms with van der Waals surface area (Å²) >= 11 is 0. The largest absolute Gasteiger partial charge is 0.368 e. The molecule has 0 aromatic carbocycles. The Labute approximate surface area is 102 Å². The van der Waals surface area contributed by atoms with Gasteiger partial charge in [-0.25, -0.2) is 0 Å². The van der Waals surface area contributed by atoms with Crippen molar-refractivity contribution in [3.8, 4) is 0 Å². The minimum absolute atomic E-state index is 0.0884. The molecule has 0 saturated carbocycles. The number of carbonyl (C=O) groups is 1. The zero-order chi connectivity index (χ0) is 12.7. The monoisotopic (exact) mass is 236 g/mol. The number of rotatable bonds is 6. The van der Waals surface area contributed by atoms with Crippen LogP contribution in [0, 0.1) is 5.92 Å². The maximum atomic E-state index is 11.7. The van der Waals surface area contributed by atoms with E-state index in [4.69, 9.17) is 4.74 Å². The van der Waals surface area contributed by atoms with Crippen LogP contribution in [0.1, 0.15) is 26.3 Å². The van der Waals surface area contributed by atoms with Gasteiger partial charge in [-0.2, -0.15) is 0 Å².